The first kappa shape index (κ1) is 15.1. The minimum Gasteiger partial charge on any atom is -0.475 e. The van der Waals surface area contributed by atoms with E-state index in [0.29, 0.717) is 6.04 Å². The third-order valence-electron chi connectivity index (χ3n) is 4.36. The summed E-state index contributed by atoms with van der Waals surface area (Å²) in [5, 5.41) is 8.90. The van der Waals surface area contributed by atoms with Crippen LogP contribution in [0, 0.1) is 0 Å². The van der Waals surface area contributed by atoms with Crippen LogP contribution in [0.5, 0.6) is 0 Å². The molecule has 20 heavy (non-hydrogen) atoms. The van der Waals surface area contributed by atoms with Gasteiger partial charge in [0.2, 0.25) is 5.76 Å². The van der Waals surface area contributed by atoms with E-state index >= 15 is 0 Å². The normalized spacial score (nSPS) is 20.8. The highest BCUT2D eigenvalue weighted by Crippen LogP contribution is 2.24. The van der Waals surface area contributed by atoms with E-state index in [1.165, 1.54) is 12.5 Å². The Morgan fingerprint density at radius 1 is 1.25 bits per heavy atom. The summed E-state index contributed by atoms with van der Waals surface area (Å²) in [5.41, 5.74) is 0. The lowest BCUT2D eigenvalue weighted by Gasteiger charge is -2.39. The van der Waals surface area contributed by atoms with Crippen molar-refractivity contribution in [1.29, 1.82) is 0 Å². The molecule has 0 aromatic carbocycles. The van der Waals surface area contributed by atoms with Crippen LogP contribution >= 0.6 is 0 Å². The Balaban J connectivity index is 1.94. The third kappa shape index (κ3) is 3.22. The van der Waals surface area contributed by atoms with Gasteiger partial charge in [-0.3, -0.25) is 9.80 Å². The van der Waals surface area contributed by atoms with Gasteiger partial charge in [0, 0.05) is 32.2 Å². The van der Waals surface area contributed by atoms with Crippen molar-refractivity contribution >= 4 is 5.97 Å². The molecular weight excluding hydrogens is 256 g/mol. The third-order valence-corrected chi connectivity index (χ3v) is 4.36. The van der Waals surface area contributed by atoms with Crippen molar-refractivity contribution in [2.24, 2.45) is 0 Å². The minimum absolute atomic E-state index is 0.0186. The number of carboxylic acid groups (broad SMARTS) is 1. The van der Waals surface area contributed by atoms with Crippen LogP contribution in [0.1, 0.15) is 49.5 Å². The monoisotopic (exact) mass is 280 g/mol. The van der Waals surface area contributed by atoms with E-state index in [9.17, 15) is 4.79 Å². The van der Waals surface area contributed by atoms with Crippen molar-refractivity contribution < 1.29 is 14.3 Å². The number of furan rings is 1. The molecular formula is C15H24N2O3. The van der Waals surface area contributed by atoms with E-state index in [1.807, 2.05) is 0 Å². The summed E-state index contributed by atoms with van der Waals surface area (Å²) in [6.45, 7) is 10.7. The van der Waals surface area contributed by atoms with Crippen LogP contribution in [-0.4, -0.2) is 53.1 Å². The minimum atomic E-state index is -1.01. The molecule has 1 fully saturated rings. The summed E-state index contributed by atoms with van der Waals surface area (Å²) in [6, 6.07) is 4.07. The van der Waals surface area contributed by atoms with Gasteiger partial charge < -0.3 is 9.52 Å². The second-order valence-corrected chi connectivity index (χ2v) is 5.51. The zero-order valence-corrected chi connectivity index (χ0v) is 12.5. The highest BCUT2D eigenvalue weighted by Gasteiger charge is 2.26. The van der Waals surface area contributed by atoms with Crippen LogP contribution in [0.25, 0.3) is 0 Å². The van der Waals surface area contributed by atoms with E-state index in [2.05, 4.69) is 30.6 Å². The Morgan fingerprint density at radius 2 is 1.85 bits per heavy atom. The topological polar surface area (TPSA) is 56.9 Å². The van der Waals surface area contributed by atoms with Gasteiger partial charge in [-0.1, -0.05) is 6.92 Å². The van der Waals surface area contributed by atoms with Crippen molar-refractivity contribution in [1.82, 2.24) is 9.80 Å². The van der Waals surface area contributed by atoms with Crippen LogP contribution in [-0.2, 0) is 0 Å². The van der Waals surface area contributed by atoms with Crippen LogP contribution < -0.4 is 0 Å². The van der Waals surface area contributed by atoms with Crippen LogP contribution in [0.15, 0.2) is 16.5 Å². The van der Waals surface area contributed by atoms with Gasteiger partial charge in [-0.05, 0) is 32.4 Å². The van der Waals surface area contributed by atoms with Gasteiger partial charge in [-0.25, -0.2) is 4.79 Å². The number of carboxylic acids is 1. The van der Waals surface area contributed by atoms with Gasteiger partial charge in [0.05, 0.1) is 6.04 Å². The smallest absolute Gasteiger partial charge is 0.371 e. The summed E-state index contributed by atoms with van der Waals surface area (Å²) in [7, 11) is 0. The molecule has 2 atom stereocenters. The van der Waals surface area contributed by atoms with E-state index in [1.54, 1.807) is 6.07 Å². The highest BCUT2D eigenvalue weighted by atomic mass is 16.4. The lowest BCUT2D eigenvalue weighted by molar-refractivity contribution is 0.0622. The van der Waals surface area contributed by atoms with Crippen molar-refractivity contribution in [2.75, 3.05) is 26.2 Å². The van der Waals surface area contributed by atoms with Crippen LogP contribution in [0.4, 0.5) is 0 Å². The lowest BCUT2D eigenvalue weighted by atomic mass is 10.1. The zero-order chi connectivity index (χ0) is 14.7. The van der Waals surface area contributed by atoms with Gasteiger partial charge in [0.25, 0.3) is 0 Å². The molecule has 2 heterocycles. The van der Waals surface area contributed by atoms with Crippen molar-refractivity contribution in [3.8, 4) is 0 Å². The average molecular weight is 280 g/mol. The largest absolute Gasteiger partial charge is 0.475 e. The van der Waals surface area contributed by atoms with Gasteiger partial charge in [0.15, 0.2) is 0 Å². The first-order valence-corrected chi connectivity index (χ1v) is 7.34. The number of carbonyl (C=O) groups is 1. The fourth-order valence-corrected chi connectivity index (χ4v) is 2.70. The molecule has 0 saturated carbocycles. The average Bonchev–Trinajstić information content (AvgIpc) is 2.96. The SMILES string of the molecule is CCC(C)N1CCN(C(C)c2ccc(C(=O)O)o2)CC1. The predicted octanol–water partition coefficient (Wildman–Crippen LogP) is 2.45. The summed E-state index contributed by atoms with van der Waals surface area (Å²) in [4.78, 5) is 15.7. The maximum atomic E-state index is 10.9. The molecule has 0 bridgehead atoms. The predicted molar refractivity (Wildman–Crippen MR) is 77.0 cm³/mol. The molecule has 0 amide bonds. The molecule has 1 N–H and O–H groups in total. The Kier molecular flexibility index (Phi) is 4.83. The Morgan fingerprint density at radius 3 is 2.35 bits per heavy atom. The molecule has 1 saturated heterocycles. The zero-order valence-electron chi connectivity index (χ0n) is 12.5. The number of hydrogen-bond acceptors (Lipinski definition) is 4. The fraction of sp³-hybridized carbons (Fsp3) is 0.667. The Hall–Kier alpha value is -1.33. The second kappa shape index (κ2) is 6.41. The van der Waals surface area contributed by atoms with E-state index < -0.39 is 5.97 Å². The second-order valence-electron chi connectivity index (χ2n) is 5.51. The molecule has 2 rings (SSSR count). The molecule has 5 heteroatoms. The van der Waals surface area contributed by atoms with Gasteiger partial charge >= 0.3 is 5.97 Å². The first-order valence-electron chi connectivity index (χ1n) is 7.34. The maximum absolute atomic E-state index is 10.9. The maximum Gasteiger partial charge on any atom is 0.371 e. The van der Waals surface area contributed by atoms with Crippen LogP contribution in [0.2, 0.25) is 0 Å². The summed E-state index contributed by atoms with van der Waals surface area (Å²) in [6.07, 6.45) is 1.18. The molecule has 1 aromatic rings. The van der Waals surface area contributed by atoms with E-state index in [4.69, 9.17) is 9.52 Å². The highest BCUT2D eigenvalue weighted by molar-refractivity contribution is 5.84. The summed E-state index contributed by atoms with van der Waals surface area (Å²) < 4.78 is 5.40. The quantitative estimate of drug-likeness (QED) is 0.898. The van der Waals surface area contributed by atoms with E-state index in [0.717, 1.165) is 31.9 Å². The molecule has 2 unspecified atom stereocenters. The Bertz CT molecular complexity index is 450. The Labute approximate surface area is 120 Å². The molecule has 5 nitrogen and oxygen atoms in total. The van der Waals surface area contributed by atoms with Crippen molar-refractivity contribution in [2.45, 2.75) is 39.3 Å². The number of rotatable bonds is 5. The standard InChI is InChI=1S/C15H24N2O3/c1-4-11(2)16-7-9-17(10-8-16)12(3)13-5-6-14(20-13)15(18)19/h5-6,11-12H,4,7-10H2,1-3H3,(H,18,19). The summed E-state index contributed by atoms with van der Waals surface area (Å²) >= 11 is 0. The van der Waals surface area contributed by atoms with Crippen LogP contribution in [0.3, 0.4) is 0 Å². The number of aromatic carboxylic acids is 1. The number of piperazine rings is 1. The molecule has 1 aliphatic heterocycles. The summed E-state index contributed by atoms with van der Waals surface area (Å²) in [5.74, 6) is -0.255. The first-order chi connectivity index (χ1) is 9.52. The molecule has 0 radical (unpaired) electrons. The molecule has 0 aliphatic carbocycles. The number of hydrogen-bond donors (Lipinski definition) is 1. The van der Waals surface area contributed by atoms with Gasteiger partial charge in [-0.2, -0.15) is 0 Å². The van der Waals surface area contributed by atoms with Gasteiger partial charge in [0.1, 0.15) is 5.76 Å². The molecule has 0 spiro atoms. The van der Waals surface area contributed by atoms with Crippen molar-refractivity contribution in [3.05, 3.63) is 23.7 Å². The number of nitrogens with zero attached hydrogens (tertiary/aromatic N) is 2. The van der Waals surface area contributed by atoms with Gasteiger partial charge in [-0.15, -0.1) is 0 Å². The van der Waals surface area contributed by atoms with E-state index in [-0.39, 0.29) is 11.8 Å². The molecule has 1 aliphatic rings. The lowest BCUT2D eigenvalue weighted by Crippen LogP contribution is -2.49. The van der Waals surface area contributed by atoms with Crippen molar-refractivity contribution in [3.63, 3.8) is 0 Å². The fourth-order valence-electron chi connectivity index (χ4n) is 2.70. The molecule has 112 valence electrons. The molecule has 1 aromatic heterocycles.